The molecule has 0 spiro atoms. The highest BCUT2D eigenvalue weighted by Crippen LogP contribution is 2.31. The number of amides is 2. The van der Waals surface area contributed by atoms with E-state index in [1.54, 1.807) is 0 Å². The molecule has 136 valence electrons. The van der Waals surface area contributed by atoms with Crippen molar-refractivity contribution < 1.29 is 9.59 Å². The van der Waals surface area contributed by atoms with Crippen molar-refractivity contribution in [1.82, 2.24) is 0 Å². The number of fused-ring (bicyclic) bond motifs is 1. The Hall–Kier alpha value is -2.62. The number of carbonyl (C=O) groups excluding carboxylic acids is 2. The van der Waals surface area contributed by atoms with Gasteiger partial charge < -0.3 is 10.2 Å². The van der Waals surface area contributed by atoms with E-state index in [0.717, 1.165) is 36.3 Å². The van der Waals surface area contributed by atoms with E-state index in [0.29, 0.717) is 12.0 Å². The summed E-state index contributed by atoms with van der Waals surface area (Å²) < 4.78 is 0. The predicted molar refractivity (Wildman–Crippen MR) is 106 cm³/mol. The third-order valence-electron chi connectivity index (χ3n) is 4.44. The van der Waals surface area contributed by atoms with Crippen molar-refractivity contribution in [2.24, 2.45) is 5.41 Å². The van der Waals surface area contributed by atoms with E-state index in [1.807, 2.05) is 74.2 Å². The van der Waals surface area contributed by atoms with E-state index in [1.165, 1.54) is 0 Å². The molecule has 0 unspecified atom stereocenters. The molecule has 0 fully saturated rings. The summed E-state index contributed by atoms with van der Waals surface area (Å²) in [6.45, 7) is 6.86. The van der Waals surface area contributed by atoms with Crippen LogP contribution in [0.25, 0.3) is 0 Å². The van der Waals surface area contributed by atoms with Gasteiger partial charge in [0.1, 0.15) is 0 Å². The minimum absolute atomic E-state index is 0.0190. The van der Waals surface area contributed by atoms with E-state index >= 15 is 0 Å². The highest BCUT2D eigenvalue weighted by atomic mass is 16.2. The summed E-state index contributed by atoms with van der Waals surface area (Å²) in [5, 5.41) is 2.98. The van der Waals surface area contributed by atoms with E-state index in [2.05, 4.69) is 5.32 Å². The van der Waals surface area contributed by atoms with Crippen LogP contribution < -0.4 is 10.2 Å². The topological polar surface area (TPSA) is 49.4 Å². The Morgan fingerprint density at radius 1 is 1.08 bits per heavy atom. The molecule has 4 nitrogen and oxygen atoms in total. The lowest BCUT2D eigenvalue weighted by Gasteiger charge is -2.30. The number of anilines is 2. The van der Waals surface area contributed by atoms with Gasteiger partial charge in [0.25, 0.3) is 5.91 Å². The number of benzene rings is 2. The highest BCUT2D eigenvalue weighted by Gasteiger charge is 2.24. The molecule has 1 aliphatic rings. The Kier molecular flexibility index (Phi) is 5.12. The van der Waals surface area contributed by atoms with Crippen LogP contribution in [0.4, 0.5) is 11.4 Å². The van der Waals surface area contributed by atoms with Gasteiger partial charge in [0.05, 0.1) is 0 Å². The fourth-order valence-electron chi connectivity index (χ4n) is 3.31. The van der Waals surface area contributed by atoms with Crippen molar-refractivity contribution in [1.29, 1.82) is 0 Å². The Morgan fingerprint density at radius 3 is 2.50 bits per heavy atom. The summed E-state index contributed by atoms with van der Waals surface area (Å²) in [4.78, 5) is 26.9. The number of aryl methyl sites for hydroxylation is 1. The second-order valence-electron chi connectivity index (χ2n) is 8.06. The summed E-state index contributed by atoms with van der Waals surface area (Å²) in [7, 11) is 0. The van der Waals surface area contributed by atoms with E-state index in [-0.39, 0.29) is 17.2 Å². The fraction of sp³-hybridized carbons (Fsp3) is 0.364. The van der Waals surface area contributed by atoms with Gasteiger partial charge in [0, 0.05) is 29.9 Å². The SMILES string of the molecule is CC(C)(C)CC(=O)Nc1ccc2c(c1)CCCN2C(=O)c1ccccc1. The zero-order chi connectivity index (χ0) is 18.7. The minimum Gasteiger partial charge on any atom is -0.326 e. The molecule has 0 saturated heterocycles. The summed E-state index contributed by atoms with van der Waals surface area (Å²) in [6.07, 6.45) is 2.31. The number of hydrogen-bond donors (Lipinski definition) is 1. The Morgan fingerprint density at radius 2 is 1.81 bits per heavy atom. The molecule has 0 aromatic heterocycles. The van der Waals surface area contributed by atoms with Gasteiger partial charge in [-0.25, -0.2) is 0 Å². The summed E-state index contributed by atoms with van der Waals surface area (Å²) in [5.74, 6) is 0.0431. The minimum atomic E-state index is -0.0445. The van der Waals surface area contributed by atoms with Gasteiger partial charge in [-0.3, -0.25) is 9.59 Å². The molecule has 0 bridgehead atoms. The molecule has 0 radical (unpaired) electrons. The maximum absolute atomic E-state index is 12.8. The fourth-order valence-corrected chi connectivity index (χ4v) is 3.31. The maximum atomic E-state index is 12.8. The largest absolute Gasteiger partial charge is 0.326 e. The second-order valence-corrected chi connectivity index (χ2v) is 8.06. The standard InChI is InChI=1S/C22H26N2O2/c1-22(2,3)15-20(25)23-18-11-12-19-17(14-18)10-7-13-24(19)21(26)16-8-5-4-6-9-16/h4-6,8-9,11-12,14H,7,10,13,15H2,1-3H3,(H,23,25). The molecule has 0 aliphatic carbocycles. The molecule has 1 heterocycles. The molecular formula is C22H26N2O2. The van der Waals surface area contributed by atoms with Crippen molar-refractivity contribution in [3.63, 3.8) is 0 Å². The lowest BCUT2D eigenvalue weighted by Crippen LogP contribution is -2.35. The van der Waals surface area contributed by atoms with Crippen molar-refractivity contribution in [2.75, 3.05) is 16.8 Å². The van der Waals surface area contributed by atoms with Crippen molar-refractivity contribution in [3.05, 3.63) is 59.7 Å². The van der Waals surface area contributed by atoms with Gasteiger partial charge in [-0.1, -0.05) is 39.0 Å². The molecule has 0 atom stereocenters. The van der Waals surface area contributed by atoms with Crippen molar-refractivity contribution in [3.8, 4) is 0 Å². The normalized spacial score (nSPS) is 13.9. The van der Waals surface area contributed by atoms with Crippen molar-refractivity contribution in [2.45, 2.75) is 40.0 Å². The molecule has 1 aliphatic heterocycles. The Bertz CT molecular complexity index is 807. The maximum Gasteiger partial charge on any atom is 0.258 e. The van der Waals surface area contributed by atoms with Gasteiger partial charge in [-0.05, 0) is 54.2 Å². The first-order valence-electron chi connectivity index (χ1n) is 9.13. The lowest BCUT2D eigenvalue weighted by atomic mass is 9.92. The first kappa shape index (κ1) is 18.2. The zero-order valence-electron chi connectivity index (χ0n) is 15.7. The lowest BCUT2D eigenvalue weighted by molar-refractivity contribution is -0.117. The van der Waals surface area contributed by atoms with Gasteiger partial charge in [-0.2, -0.15) is 0 Å². The molecule has 3 rings (SSSR count). The van der Waals surface area contributed by atoms with Gasteiger partial charge in [0.15, 0.2) is 0 Å². The van der Waals surface area contributed by atoms with Crippen LogP contribution in [-0.2, 0) is 11.2 Å². The van der Waals surface area contributed by atoms with Gasteiger partial charge >= 0.3 is 0 Å². The molecule has 2 aromatic rings. The first-order valence-corrected chi connectivity index (χ1v) is 9.13. The van der Waals surface area contributed by atoms with Crippen molar-refractivity contribution >= 4 is 23.2 Å². The number of rotatable bonds is 3. The molecule has 1 N–H and O–H groups in total. The van der Waals surface area contributed by atoms with Crippen LogP contribution in [0.1, 0.15) is 49.5 Å². The molecule has 0 saturated carbocycles. The van der Waals surface area contributed by atoms with Crippen LogP contribution in [0, 0.1) is 5.41 Å². The van der Waals surface area contributed by atoms with Crippen LogP contribution in [0.2, 0.25) is 0 Å². The molecule has 2 aromatic carbocycles. The molecule has 26 heavy (non-hydrogen) atoms. The summed E-state index contributed by atoms with van der Waals surface area (Å²) in [5.41, 5.74) is 3.50. The predicted octanol–water partition coefficient (Wildman–Crippen LogP) is 4.65. The third-order valence-corrected chi connectivity index (χ3v) is 4.44. The van der Waals surface area contributed by atoms with Crippen LogP contribution in [0.3, 0.4) is 0 Å². The average Bonchev–Trinajstić information content (AvgIpc) is 2.59. The summed E-state index contributed by atoms with van der Waals surface area (Å²) in [6, 6.07) is 15.2. The van der Waals surface area contributed by atoms with Gasteiger partial charge in [0.2, 0.25) is 5.91 Å². The number of nitrogens with zero attached hydrogens (tertiary/aromatic N) is 1. The highest BCUT2D eigenvalue weighted by molar-refractivity contribution is 6.07. The zero-order valence-corrected chi connectivity index (χ0v) is 15.7. The monoisotopic (exact) mass is 350 g/mol. The number of nitrogens with one attached hydrogen (secondary N) is 1. The van der Waals surface area contributed by atoms with Gasteiger partial charge in [-0.15, -0.1) is 0 Å². The third kappa shape index (κ3) is 4.31. The van der Waals surface area contributed by atoms with Crippen LogP contribution in [0.5, 0.6) is 0 Å². The Labute approximate surface area is 155 Å². The van der Waals surface area contributed by atoms with E-state index < -0.39 is 0 Å². The second kappa shape index (κ2) is 7.32. The number of hydrogen-bond acceptors (Lipinski definition) is 2. The number of carbonyl (C=O) groups is 2. The average molecular weight is 350 g/mol. The van der Waals surface area contributed by atoms with E-state index in [9.17, 15) is 9.59 Å². The Balaban J connectivity index is 1.79. The first-order chi connectivity index (χ1) is 12.3. The molecule has 2 amide bonds. The molecular weight excluding hydrogens is 324 g/mol. The van der Waals surface area contributed by atoms with Crippen LogP contribution >= 0.6 is 0 Å². The quantitative estimate of drug-likeness (QED) is 0.875. The van der Waals surface area contributed by atoms with Crippen LogP contribution in [-0.4, -0.2) is 18.4 Å². The van der Waals surface area contributed by atoms with E-state index in [4.69, 9.17) is 0 Å². The summed E-state index contributed by atoms with van der Waals surface area (Å²) >= 11 is 0. The smallest absolute Gasteiger partial charge is 0.258 e. The van der Waals surface area contributed by atoms with Crippen LogP contribution in [0.15, 0.2) is 48.5 Å². The molecule has 4 heteroatoms.